The van der Waals surface area contributed by atoms with E-state index in [1.165, 1.54) is 22.3 Å². The second kappa shape index (κ2) is 7.43. The second-order valence-corrected chi connectivity index (χ2v) is 8.37. The molecule has 1 atom stereocenters. The number of aromatic nitrogens is 1. The summed E-state index contributed by atoms with van der Waals surface area (Å²) >= 11 is 1.26. The normalized spacial score (nSPS) is 18.0. The predicted molar refractivity (Wildman–Crippen MR) is 86.0 cm³/mol. The maximum absolute atomic E-state index is 12.5. The summed E-state index contributed by atoms with van der Waals surface area (Å²) in [5.41, 5.74) is 5.30. The average molecular weight is 343 g/mol. The van der Waals surface area contributed by atoms with Gasteiger partial charge >= 0.3 is 0 Å². The largest absolute Gasteiger partial charge is 0.369 e. The standard InChI is InChI=1S/C14H21N3O3S2/c1-2-12(14(15)18)21-13-7-6-11(10-16-13)22(19,20)17-8-4-3-5-9-17/h6-7,10,12H,2-5,8-9H2,1H3,(H2,15,18)/t12-/m1/s1. The van der Waals surface area contributed by atoms with Crippen molar-refractivity contribution >= 4 is 27.7 Å². The van der Waals surface area contributed by atoms with Gasteiger partial charge in [0.25, 0.3) is 0 Å². The first-order chi connectivity index (χ1) is 10.4. The van der Waals surface area contributed by atoms with Crippen molar-refractivity contribution in [2.45, 2.75) is 47.8 Å². The Bertz CT molecular complexity index is 611. The summed E-state index contributed by atoms with van der Waals surface area (Å²) < 4.78 is 26.5. The molecule has 2 heterocycles. The number of rotatable bonds is 6. The molecule has 0 radical (unpaired) electrons. The quantitative estimate of drug-likeness (QED) is 0.792. The number of sulfonamides is 1. The monoisotopic (exact) mass is 343 g/mol. The van der Waals surface area contributed by atoms with E-state index in [4.69, 9.17) is 5.73 Å². The molecule has 0 spiro atoms. The first-order valence-corrected chi connectivity index (χ1v) is 9.69. The molecule has 1 amide bonds. The van der Waals surface area contributed by atoms with Crippen LogP contribution in [0, 0.1) is 0 Å². The number of carbonyl (C=O) groups excluding carboxylic acids is 1. The Morgan fingerprint density at radius 1 is 1.36 bits per heavy atom. The second-order valence-electron chi connectivity index (χ2n) is 5.21. The zero-order valence-electron chi connectivity index (χ0n) is 12.6. The van der Waals surface area contributed by atoms with Crippen molar-refractivity contribution < 1.29 is 13.2 Å². The SMILES string of the molecule is CC[C@@H](Sc1ccc(S(=O)(=O)N2CCCCC2)cn1)C(N)=O. The summed E-state index contributed by atoms with van der Waals surface area (Å²) in [6.45, 7) is 3.01. The Morgan fingerprint density at radius 2 is 2.05 bits per heavy atom. The van der Waals surface area contributed by atoms with E-state index in [0.29, 0.717) is 24.5 Å². The van der Waals surface area contributed by atoms with Gasteiger partial charge in [0, 0.05) is 19.3 Å². The number of hydrogen-bond donors (Lipinski definition) is 1. The van der Waals surface area contributed by atoms with Crippen LogP contribution >= 0.6 is 11.8 Å². The summed E-state index contributed by atoms with van der Waals surface area (Å²) in [6, 6.07) is 3.18. The number of carbonyl (C=O) groups is 1. The molecule has 1 aromatic heterocycles. The number of nitrogens with zero attached hydrogens (tertiary/aromatic N) is 2. The lowest BCUT2D eigenvalue weighted by atomic mass is 10.2. The van der Waals surface area contributed by atoms with E-state index in [0.717, 1.165) is 19.3 Å². The van der Waals surface area contributed by atoms with Crippen LogP contribution in [-0.4, -0.2) is 42.0 Å². The summed E-state index contributed by atoms with van der Waals surface area (Å²) in [5, 5.41) is 0.250. The number of primary amides is 1. The fourth-order valence-corrected chi connectivity index (χ4v) is 4.63. The summed E-state index contributed by atoms with van der Waals surface area (Å²) in [6.07, 6.45) is 4.84. The van der Waals surface area contributed by atoms with E-state index in [2.05, 4.69) is 4.98 Å². The van der Waals surface area contributed by atoms with E-state index in [1.54, 1.807) is 12.1 Å². The van der Waals surface area contributed by atoms with Gasteiger partial charge in [-0.05, 0) is 31.4 Å². The van der Waals surface area contributed by atoms with Crippen LogP contribution in [0.15, 0.2) is 28.3 Å². The number of amides is 1. The van der Waals surface area contributed by atoms with Crippen LogP contribution in [0.5, 0.6) is 0 Å². The Hall–Kier alpha value is -1.12. The van der Waals surface area contributed by atoms with Crippen LogP contribution in [0.4, 0.5) is 0 Å². The number of thioether (sulfide) groups is 1. The van der Waals surface area contributed by atoms with Crippen molar-refractivity contribution in [3.8, 4) is 0 Å². The van der Waals surface area contributed by atoms with Crippen molar-refractivity contribution in [3.63, 3.8) is 0 Å². The van der Waals surface area contributed by atoms with E-state index in [1.807, 2.05) is 6.92 Å². The molecule has 0 bridgehead atoms. The molecule has 1 aliphatic rings. The lowest BCUT2D eigenvalue weighted by molar-refractivity contribution is -0.117. The fourth-order valence-electron chi connectivity index (χ4n) is 2.33. The van der Waals surface area contributed by atoms with E-state index < -0.39 is 10.0 Å². The van der Waals surface area contributed by atoms with Gasteiger partial charge in [0.1, 0.15) is 4.90 Å². The van der Waals surface area contributed by atoms with E-state index in [-0.39, 0.29) is 16.1 Å². The van der Waals surface area contributed by atoms with Gasteiger partial charge in [-0.1, -0.05) is 25.1 Å². The highest BCUT2D eigenvalue weighted by Gasteiger charge is 2.26. The van der Waals surface area contributed by atoms with Gasteiger partial charge in [0.15, 0.2) is 0 Å². The van der Waals surface area contributed by atoms with Crippen molar-refractivity contribution in [2.24, 2.45) is 5.73 Å². The molecule has 122 valence electrons. The molecule has 0 saturated carbocycles. The van der Waals surface area contributed by atoms with Gasteiger partial charge in [-0.3, -0.25) is 4.79 Å². The fraction of sp³-hybridized carbons (Fsp3) is 0.571. The molecule has 1 aromatic rings. The highest BCUT2D eigenvalue weighted by Crippen LogP contribution is 2.25. The highest BCUT2D eigenvalue weighted by molar-refractivity contribution is 8.00. The lowest BCUT2D eigenvalue weighted by Crippen LogP contribution is -2.35. The van der Waals surface area contributed by atoms with Gasteiger partial charge in [-0.15, -0.1) is 0 Å². The van der Waals surface area contributed by atoms with Gasteiger partial charge in [-0.25, -0.2) is 13.4 Å². The third kappa shape index (κ3) is 3.99. The van der Waals surface area contributed by atoms with Crippen LogP contribution < -0.4 is 5.73 Å². The van der Waals surface area contributed by atoms with Gasteiger partial charge in [-0.2, -0.15) is 4.31 Å². The minimum atomic E-state index is -3.46. The number of hydrogen-bond acceptors (Lipinski definition) is 5. The molecule has 0 aromatic carbocycles. The van der Waals surface area contributed by atoms with Gasteiger partial charge in [0.05, 0.1) is 10.3 Å². The van der Waals surface area contributed by atoms with Crippen LogP contribution in [0.2, 0.25) is 0 Å². The molecule has 1 aliphatic heterocycles. The van der Waals surface area contributed by atoms with Gasteiger partial charge < -0.3 is 5.73 Å². The lowest BCUT2D eigenvalue weighted by Gasteiger charge is -2.25. The Kier molecular flexibility index (Phi) is 5.82. The maximum Gasteiger partial charge on any atom is 0.244 e. The van der Waals surface area contributed by atoms with Crippen LogP contribution in [0.3, 0.4) is 0 Å². The number of pyridine rings is 1. The first-order valence-electron chi connectivity index (χ1n) is 7.37. The molecule has 0 aliphatic carbocycles. The third-order valence-electron chi connectivity index (χ3n) is 3.61. The minimum absolute atomic E-state index is 0.200. The Labute approximate surface area is 135 Å². The van der Waals surface area contributed by atoms with Crippen LogP contribution in [0.25, 0.3) is 0 Å². The zero-order valence-corrected chi connectivity index (χ0v) is 14.2. The van der Waals surface area contributed by atoms with Crippen LogP contribution in [-0.2, 0) is 14.8 Å². The Balaban J connectivity index is 2.12. The highest BCUT2D eigenvalue weighted by atomic mass is 32.2. The summed E-state index contributed by atoms with van der Waals surface area (Å²) in [4.78, 5) is 15.6. The molecule has 1 saturated heterocycles. The molecule has 8 heteroatoms. The molecule has 1 fully saturated rings. The van der Waals surface area contributed by atoms with Crippen LogP contribution in [0.1, 0.15) is 32.6 Å². The maximum atomic E-state index is 12.5. The predicted octanol–water partition coefficient (Wildman–Crippen LogP) is 1.61. The molecule has 2 N–H and O–H groups in total. The topological polar surface area (TPSA) is 93.4 Å². The number of piperidine rings is 1. The molecule has 6 nitrogen and oxygen atoms in total. The smallest absolute Gasteiger partial charge is 0.244 e. The van der Waals surface area contributed by atoms with E-state index in [9.17, 15) is 13.2 Å². The molecular formula is C14H21N3O3S2. The number of nitrogens with two attached hydrogens (primary N) is 1. The average Bonchev–Trinajstić information content (AvgIpc) is 2.53. The molecule has 22 heavy (non-hydrogen) atoms. The summed E-state index contributed by atoms with van der Waals surface area (Å²) in [5.74, 6) is -0.390. The molecular weight excluding hydrogens is 322 g/mol. The van der Waals surface area contributed by atoms with E-state index >= 15 is 0 Å². The van der Waals surface area contributed by atoms with Gasteiger partial charge in [0.2, 0.25) is 15.9 Å². The minimum Gasteiger partial charge on any atom is -0.369 e. The van der Waals surface area contributed by atoms with Crippen molar-refractivity contribution in [1.82, 2.24) is 9.29 Å². The third-order valence-corrected chi connectivity index (χ3v) is 6.83. The zero-order chi connectivity index (χ0) is 16.2. The molecule has 2 rings (SSSR count). The van der Waals surface area contributed by atoms with Crippen molar-refractivity contribution in [3.05, 3.63) is 18.3 Å². The first kappa shape index (κ1) is 17.2. The Morgan fingerprint density at radius 3 is 2.55 bits per heavy atom. The molecule has 0 unspecified atom stereocenters. The van der Waals surface area contributed by atoms with Crippen molar-refractivity contribution in [2.75, 3.05) is 13.1 Å². The van der Waals surface area contributed by atoms with Crippen molar-refractivity contribution in [1.29, 1.82) is 0 Å². The summed E-state index contributed by atoms with van der Waals surface area (Å²) in [7, 11) is -3.46.